The van der Waals surface area contributed by atoms with E-state index in [-0.39, 0.29) is 11.9 Å². The second-order valence-corrected chi connectivity index (χ2v) is 6.47. The van der Waals surface area contributed by atoms with E-state index < -0.39 is 0 Å². The van der Waals surface area contributed by atoms with Gasteiger partial charge in [0.05, 0.1) is 6.04 Å². The highest BCUT2D eigenvalue weighted by Crippen LogP contribution is 2.38. The summed E-state index contributed by atoms with van der Waals surface area (Å²) in [5.74, 6) is 3.11. The molecule has 8 heteroatoms. The quantitative estimate of drug-likeness (QED) is 0.800. The number of carbonyl (C=O) groups is 1. The highest BCUT2D eigenvalue weighted by atomic mass is 16.5. The Morgan fingerprint density at radius 3 is 2.62 bits per heavy atom. The van der Waals surface area contributed by atoms with Crippen LogP contribution < -0.4 is 0 Å². The molecule has 1 saturated carbocycles. The van der Waals surface area contributed by atoms with Gasteiger partial charge in [-0.1, -0.05) is 17.2 Å². The molecule has 2 aromatic heterocycles. The predicted molar refractivity (Wildman–Crippen MR) is 82.0 cm³/mol. The van der Waals surface area contributed by atoms with E-state index >= 15 is 0 Å². The van der Waals surface area contributed by atoms with Crippen molar-refractivity contribution >= 4 is 5.91 Å². The Bertz CT molecular complexity index is 721. The van der Waals surface area contributed by atoms with Crippen molar-refractivity contribution in [1.29, 1.82) is 0 Å². The van der Waals surface area contributed by atoms with Gasteiger partial charge in [-0.2, -0.15) is 9.97 Å². The van der Waals surface area contributed by atoms with Crippen molar-refractivity contribution in [3.05, 3.63) is 23.4 Å². The van der Waals surface area contributed by atoms with Crippen LogP contribution in [-0.2, 0) is 17.6 Å². The van der Waals surface area contributed by atoms with Crippen LogP contribution in [0.4, 0.5) is 0 Å². The molecule has 0 N–H and O–H groups in total. The number of aromatic nitrogens is 4. The van der Waals surface area contributed by atoms with Gasteiger partial charge in [-0.15, -0.1) is 0 Å². The lowest BCUT2D eigenvalue weighted by Gasteiger charge is -2.21. The normalized spacial score (nSPS) is 20.7. The molecule has 2 aromatic rings. The maximum absolute atomic E-state index is 12.6. The molecular weight excluding hydrogens is 310 g/mol. The van der Waals surface area contributed by atoms with Crippen LogP contribution in [0.3, 0.4) is 0 Å². The second kappa shape index (κ2) is 6.33. The zero-order valence-electron chi connectivity index (χ0n) is 13.8. The van der Waals surface area contributed by atoms with E-state index in [2.05, 4.69) is 20.3 Å². The summed E-state index contributed by atoms with van der Waals surface area (Å²) >= 11 is 0. The molecule has 3 heterocycles. The van der Waals surface area contributed by atoms with Gasteiger partial charge >= 0.3 is 0 Å². The predicted octanol–water partition coefficient (Wildman–Crippen LogP) is 2.19. The molecular formula is C16H21N5O3. The molecule has 0 aromatic carbocycles. The first-order chi connectivity index (χ1) is 11.7. The third-order valence-corrected chi connectivity index (χ3v) is 4.64. The molecule has 0 radical (unpaired) electrons. The summed E-state index contributed by atoms with van der Waals surface area (Å²) in [5.41, 5.74) is 0. The fraction of sp³-hybridized carbons (Fsp3) is 0.688. The number of hydrogen-bond acceptors (Lipinski definition) is 7. The summed E-state index contributed by atoms with van der Waals surface area (Å²) in [4.78, 5) is 23.2. The van der Waals surface area contributed by atoms with E-state index in [1.165, 1.54) is 0 Å². The minimum Gasteiger partial charge on any atom is -0.339 e. The molecule has 2 fully saturated rings. The van der Waals surface area contributed by atoms with Crippen LogP contribution in [-0.4, -0.2) is 37.6 Å². The molecule has 1 amide bonds. The monoisotopic (exact) mass is 331 g/mol. The average Bonchev–Trinajstić information content (AvgIpc) is 3.05. The Morgan fingerprint density at radius 1 is 1.12 bits per heavy atom. The molecule has 0 bridgehead atoms. The van der Waals surface area contributed by atoms with E-state index in [9.17, 15) is 4.79 Å². The van der Waals surface area contributed by atoms with Crippen molar-refractivity contribution < 1.29 is 13.8 Å². The zero-order valence-corrected chi connectivity index (χ0v) is 13.8. The van der Waals surface area contributed by atoms with Crippen molar-refractivity contribution in [2.24, 2.45) is 0 Å². The van der Waals surface area contributed by atoms with Gasteiger partial charge < -0.3 is 13.9 Å². The Labute approximate surface area is 139 Å². The van der Waals surface area contributed by atoms with Crippen molar-refractivity contribution in [3.8, 4) is 0 Å². The first-order valence-corrected chi connectivity index (χ1v) is 8.69. The third-order valence-electron chi connectivity index (χ3n) is 4.64. The van der Waals surface area contributed by atoms with Crippen molar-refractivity contribution in [2.75, 3.05) is 6.54 Å². The Balaban J connectivity index is 1.37. The van der Waals surface area contributed by atoms with E-state index in [4.69, 9.17) is 9.05 Å². The number of hydrogen-bond donors (Lipinski definition) is 0. The lowest BCUT2D eigenvalue weighted by Crippen LogP contribution is -2.31. The first kappa shape index (κ1) is 15.3. The standard InChI is InChI=1S/C16H21N5O3/c1-2-12-17-16(20-23-12)11-4-3-9-21(11)14(22)8-7-13-18-15(19-24-13)10-5-6-10/h10-11H,2-9H2,1H3/t11-/m0/s1. The number of rotatable bonds is 6. The number of likely N-dealkylation sites (tertiary alicyclic amines) is 1. The van der Waals surface area contributed by atoms with Crippen molar-refractivity contribution in [3.63, 3.8) is 0 Å². The SMILES string of the molecule is CCc1nc([C@@H]2CCCN2C(=O)CCc2nc(C3CC3)no2)no1. The van der Waals surface area contributed by atoms with Crippen LogP contribution in [0.15, 0.2) is 9.05 Å². The molecule has 0 unspecified atom stereocenters. The summed E-state index contributed by atoms with van der Waals surface area (Å²) < 4.78 is 10.4. The molecule has 24 heavy (non-hydrogen) atoms. The third kappa shape index (κ3) is 3.05. The summed E-state index contributed by atoms with van der Waals surface area (Å²) in [5, 5.41) is 8.01. The smallest absolute Gasteiger partial charge is 0.227 e. The zero-order chi connectivity index (χ0) is 16.5. The number of nitrogens with zero attached hydrogens (tertiary/aromatic N) is 5. The molecule has 2 aliphatic rings. The van der Waals surface area contributed by atoms with E-state index in [1.807, 2.05) is 11.8 Å². The van der Waals surface area contributed by atoms with Gasteiger partial charge in [0.25, 0.3) is 0 Å². The van der Waals surface area contributed by atoms with Crippen LogP contribution in [0, 0.1) is 0 Å². The van der Waals surface area contributed by atoms with Crippen LogP contribution in [0.25, 0.3) is 0 Å². The van der Waals surface area contributed by atoms with Crippen molar-refractivity contribution in [2.45, 2.75) is 63.8 Å². The largest absolute Gasteiger partial charge is 0.339 e. The van der Waals surface area contributed by atoms with Gasteiger partial charge in [0, 0.05) is 31.7 Å². The molecule has 1 atom stereocenters. The van der Waals surface area contributed by atoms with Gasteiger partial charge in [0.15, 0.2) is 11.6 Å². The highest BCUT2D eigenvalue weighted by Gasteiger charge is 2.33. The molecule has 4 rings (SSSR count). The fourth-order valence-electron chi connectivity index (χ4n) is 3.12. The maximum atomic E-state index is 12.6. The van der Waals surface area contributed by atoms with Crippen LogP contribution >= 0.6 is 0 Å². The molecule has 128 valence electrons. The maximum Gasteiger partial charge on any atom is 0.227 e. The highest BCUT2D eigenvalue weighted by molar-refractivity contribution is 5.77. The van der Waals surface area contributed by atoms with Gasteiger partial charge in [-0.25, -0.2) is 0 Å². The van der Waals surface area contributed by atoms with Gasteiger partial charge in [0.2, 0.25) is 17.7 Å². The number of aryl methyl sites for hydroxylation is 2. The van der Waals surface area contributed by atoms with E-state index in [0.29, 0.717) is 42.8 Å². The van der Waals surface area contributed by atoms with Gasteiger partial charge in [-0.05, 0) is 25.7 Å². The topological polar surface area (TPSA) is 98.2 Å². The number of amides is 1. The molecule has 0 spiro atoms. The van der Waals surface area contributed by atoms with Crippen LogP contribution in [0.1, 0.15) is 74.4 Å². The van der Waals surface area contributed by atoms with Gasteiger partial charge in [0.1, 0.15) is 0 Å². The Hall–Kier alpha value is -2.25. The molecule has 1 aliphatic heterocycles. The first-order valence-electron chi connectivity index (χ1n) is 8.69. The minimum atomic E-state index is -0.0775. The fourth-order valence-corrected chi connectivity index (χ4v) is 3.12. The number of carbonyl (C=O) groups excluding carboxylic acids is 1. The van der Waals surface area contributed by atoms with Crippen LogP contribution in [0.2, 0.25) is 0 Å². The van der Waals surface area contributed by atoms with E-state index in [1.54, 1.807) is 0 Å². The van der Waals surface area contributed by atoms with Crippen molar-refractivity contribution in [1.82, 2.24) is 25.2 Å². The Morgan fingerprint density at radius 2 is 1.88 bits per heavy atom. The van der Waals surface area contributed by atoms with E-state index in [0.717, 1.165) is 38.1 Å². The van der Waals surface area contributed by atoms with Crippen LogP contribution in [0.5, 0.6) is 0 Å². The molecule has 1 saturated heterocycles. The minimum absolute atomic E-state index is 0.0755. The summed E-state index contributed by atoms with van der Waals surface area (Å²) in [6.07, 6.45) is 5.65. The lowest BCUT2D eigenvalue weighted by atomic mass is 10.2. The lowest BCUT2D eigenvalue weighted by molar-refractivity contribution is -0.132. The average molecular weight is 331 g/mol. The molecule has 8 nitrogen and oxygen atoms in total. The second-order valence-electron chi connectivity index (χ2n) is 6.47. The Kier molecular flexibility index (Phi) is 4.03. The summed E-state index contributed by atoms with van der Waals surface area (Å²) in [6, 6.07) is -0.0775. The molecule has 1 aliphatic carbocycles. The summed E-state index contributed by atoms with van der Waals surface area (Å²) in [7, 11) is 0. The van der Waals surface area contributed by atoms with Gasteiger partial charge in [-0.3, -0.25) is 4.79 Å². The summed E-state index contributed by atoms with van der Waals surface area (Å²) in [6.45, 7) is 2.70.